The number of aliphatic hydroxyl groups excluding tert-OH is 1. The number of nitrogens with two attached hydrogens (primary N) is 1. The van der Waals surface area contributed by atoms with Crippen LogP contribution >= 0.6 is 0 Å². The van der Waals surface area contributed by atoms with Gasteiger partial charge in [0.05, 0.1) is 6.10 Å². The summed E-state index contributed by atoms with van der Waals surface area (Å²) in [5.74, 6) is 0. The third kappa shape index (κ3) is 1.50. The minimum atomic E-state index is -0.146. The Kier molecular flexibility index (Phi) is 2.02. The van der Waals surface area contributed by atoms with Crippen molar-refractivity contribution in [2.75, 3.05) is 0 Å². The largest absolute Gasteiger partial charge is 0.393 e. The molecule has 0 unspecified atom stereocenters. The van der Waals surface area contributed by atoms with E-state index in [-0.39, 0.29) is 11.5 Å². The quantitative estimate of drug-likeness (QED) is 0.529. The Labute approximate surface area is 62.4 Å². The normalized spacial score (nSPS) is 39.6. The summed E-state index contributed by atoms with van der Waals surface area (Å²) in [6.07, 6.45) is 2.65. The lowest BCUT2D eigenvalue weighted by Gasteiger charge is -2.38. The van der Waals surface area contributed by atoms with E-state index < -0.39 is 0 Å². The molecule has 0 radical (unpaired) electrons. The lowest BCUT2D eigenvalue weighted by molar-refractivity contribution is 0.00674. The van der Waals surface area contributed by atoms with E-state index in [1.165, 1.54) is 0 Å². The van der Waals surface area contributed by atoms with Gasteiger partial charge in [0, 0.05) is 6.04 Å². The van der Waals surface area contributed by atoms with Gasteiger partial charge in [0.1, 0.15) is 0 Å². The van der Waals surface area contributed by atoms with Gasteiger partial charge in [-0.25, -0.2) is 0 Å². The molecule has 0 aromatic heterocycles. The molecule has 1 rings (SSSR count). The molecular weight excluding hydrogens is 126 g/mol. The van der Waals surface area contributed by atoms with Crippen molar-refractivity contribution in [2.45, 2.75) is 45.3 Å². The van der Waals surface area contributed by atoms with Gasteiger partial charge >= 0.3 is 0 Å². The second-order valence-corrected chi connectivity index (χ2v) is 4.05. The van der Waals surface area contributed by atoms with Crippen LogP contribution in [0.1, 0.15) is 33.1 Å². The molecule has 1 fully saturated rings. The smallest absolute Gasteiger partial charge is 0.0592 e. The van der Waals surface area contributed by atoms with Gasteiger partial charge < -0.3 is 10.8 Å². The van der Waals surface area contributed by atoms with Crippen LogP contribution in [0.25, 0.3) is 0 Å². The molecule has 2 nitrogen and oxygen atoms in total. The molecule has 60 valence electrons. The van der Waals surface area contributed by atoms with E-state index in [0.29, 0.717) is 6.04 Å². The van der Waals surface area contributed by atoms with Crippen LogP contribution in [-0.2, 0) is 0 Å². The zero-order valence-electron chi connectivity index (χ0n) is 6.80. The number of hydrogen-bond acceptors (Lipinski definition) is 2. The van der Waals surface area contributed by atoms with Gasteiger partial charge in [0.15, 0.2) is 0 Å². The minimum absolute atomic E-state index is 0.0394. The Morgan fingerprint density at radius 2 is 2.00 bits per heavy atom. The zero-order valence-corrected chi connectivity index (χ0v) is 6.80. The molecule has 0 aromatic rings. The third-order valence-electron chi connectivity index (χ3n) is 2.50. The van der Waals surface area contributed by atoms with Crippen LogP contribution in [0.4, 0.5) is 0 Å². The number of hydrogen-bond donors (Lipinski definition) is 2. The molecule has 1 aliphatic rings. The van der Waals surface area contributed by atoms with Gasteiger partial charge in [-0.15, -0.1) is 0 Å². The summed E-state index contributed by atoms with van der Waals surface area (Å²) in [5.41, 5.74) is 5.80. The first kappa shape index (κ1) is 8.02. The highest BCUT2D eigenvalue weighted by Crippen LogP contribution is 2.34. The highest BCUT2D eigenvalue weighted by Gasteiger charge is 2.33. The summed E-state index contributed by atoms with van der Waals surface area (Å²) in [6, 6.07) is 0.304. The summed E-state index contributed by atoms with van der Waals surface area (Å²) in [7, 11) is 0. The first-order valence-corrected chi connectivity index (χ1v) is 3.96. The first-order valence-electron chi connectivity index (χ1n) is 3.96. The van der Waals surface area contributed by atoms with Crippen LogP contribution in [0.5, 0.6) is 0 Å². The molecule has 0 heterocycles. The van der Waals surface area contributed by atoms with E-state index >= 15 is 0 Å². The molecule has 0 spiro atoms. The fourth-order valence-corrected chi connectivity index (χ4v) is 1.68. The fourth-order valence-electron chi connectivity index (χ4n) is 1.68. The lowest BCUT2D eigenvalue weighted by Crippen LogP contribution is -2.41. The monoisotopic (exact) mass is 143 g/mol. The Bertz CT molecular complexity index is 122. The predicted molar refractivity (Wildman–Crippen MR) is 41.6 cm³/mol. The van der Waals surface area contributed by atoms with E-state index in [2.05, 4.69) is 13.8 Å². The molecule has 10 heavy (non-hydrogen) atoms. The summed E-state index contributed by atoms with van der Waals surface area (Å²) in [5, 5.41) is 9.50. The number of aliphatic hydroxyl groups is 1. The Morgan fingerprint density at radius 1 is 1.40 bits per heavy atom. The van der Waals surface area contributed by atoms with Crippen molar-refractivity contribution in [1.29, 1.82) is 0 Å². The maximum atomic E-state index is 9.50. The first-order chi connectivity index (χ1) is 4.52. The standard InChI is InChI=1S/C8H17NO/c1-8(2)5-6(9)3-4-7(8)10/h6-7,10H,3-5,9H2,1-2H3/t6-,7-/m0/s1. The highest BCUT2D eigenvalue weighted by molar-refractivity contribution is 4.87. The van der Waals surface area contributed by atoms with Gasteiger partial charge in [-0.3, -0.25) is 0 Å². The van der Waals surface area contributed by atoms with Crippen LogP contribution in [0.15, 0.2) is 0 Å². The van der Waals surface area contributed by atoms with E-state index in [1.54, 1.807) is 0 Å². The molecule has 0 aromatic carbocycles. The molecule has 0 amide bonds. The van der Waals surface area contributed by atoms with Crippen LogP contribution in [0.2, 0.25) is 0 Å². The third-order valence-corrected chi connectivity index (χ3v) is 2.50. The van der Waals surface area contributed by atoms with Crippen LogP contribution in [0.3, 0.4) is 0 Å². The Morgan fingerprint density at radius 3 is 2.40 bits per heavy atom. The second-order valence-electron chi connectivity index (χ2n) is 4.05. The van der Waals surface area contributed by atoms with Gasteiger partial charge in [-0.1, -0.05) is 13.8 Å². The van der Waals surface area contributed by atoms with Crippen molar-refractivity contribution in [3.8, 4) is 0 Å². The molecule has 0 aliphatic heterocycles. The highest BCUT2D eigenvalue weighted by atomic mass is 16.3. The van der Waals surface area contributed by atoms with Crippen LogP contribution in [0, 0.1) is 5.41 Å². The Balaban J connectivity index is 2.55. The molecule has 2 heteroatoms. The molecule has 1 saturated carbocycles. The van der Waals surface area contributed by atoms with Gasteiger partial charge in [0.2, 0.25) is 0 Å². The van der Waals surface area contributed by atoms with Crippen molar-refractivity contribution in [3.05, 3.63) is 0 Å². The van der Waals surface area contributed by atoms with E-state index in [4.69, 9.17) is 5.73 Å². The summed E-state index contributed by atoms with van der Waals surface area (Å²) >= 11 is 0. The van der Waals surface area contributed by atoms with Crippen molar-refractivity contribution >= 4 is 0 Å². The molecule has 1 aliphatic carbocycles. The van der Waals surface area contributed by atoms with Crippen molar-refractivity contribution < 1.29 is 5.11 Å². The molecule has 2 atom stereocenters. The molecular formula is C8H17NO. The topological polar surface area (TPSA) is 46.2 Å². The Hall–Kier alpha value is -0.0800. The lowest BCUT2D eigenvalue weighted by atomic mass is 9.73. The van der Waals surface area contributed by atoms with Gasteiger partial charge in [0.25, 0.3) is 0 Å². The maximum Gasteiger partial charge on any atom is 0.0592 e. The summed E-state index contributed by atoms with van der Waals surface area (Å²) in [4.78, 5) is 0. The fraction of sp³-hybridized carbons (Fsp3) is 1.00. The average molecular weight is 143 g/mol. The second kappa shape index (κ2) is 2.51. The van der Waals surface area contributed by atoms with Crippen LogP contribution in [-0.4, -0.2) is 17.3 Å². The summed E-state index contributed by atoms with van der Waals surface area (Å²) in [6.45, 7) is 4.16. The van der Waals surface area contributed by atoms with E-state index in [0.717, 1.165) is 19.3 Å². The van der Waals surface area contributed by atoms with Gasteiger partial charge in [-0.05, 0) is 24.7 Å². The van der Waals surface area contributed by atoms with Gasteiger partial charge in [-0.2, -0.15) is 0 Å². The molecule has 0 saturated heterocycles. The minimum Gasteiger partial charge on any atom is -0.393 e. The van der Waals surface area contributed by atoms with E-state index in [9.17, 15) is 5.11 Å². The maximum absolute atomic E-state index is 9.50. The van der Waals surface area contributed by atoms with Crippen LogP contribution < -0.4 is 5.73 Å². The molecule has 0 bridgehead atoms. The zero-order chi connectivity index (χ0) is 7.78. The SMILES string of the molecule is CC1(C)C[C@@H](N)CC[C@@H]1O. The average Bonchev–Trinajstić information content (AvgIpc) is 1.78. The summed E-state index contributed by atoms with van der Waals surface area (Å²) < 4.78 is 0. The van der Waals surface area contributed by atoms with Crippen molar-refractivity contribution in [3.63, 3.8) is 0 Å². The van der Waals surface area contributed by atoms with Crippen molar-refractivity contribution in [2.24, 2.45) is 11.1 Å². The predicted octanol–water partition coefficient (Wildman–Crippen LogP) is 0.885. The van der Waals surface area contributed by atoms with Crippen molar-refractivity contribution in [1.82, 2.24) is 0 Å². The molecule has 3 N–H and O–H groups in total. The van der Waals surface area contributed by atoms with E-state index in [1.807, 2.05) is 0 Å². The number of rotatable bonds is 0.